The summed E-state index contributed by atoms with van der Waals surface area (Å²) in [6.45, 7) is 1.11. The van der Waals surface area contributed by atoms with Crippen LogP contribution in [0.15, 0.2) is 36.4 Å². The van der Waals surface area contributed by atoms with Crippen molar-refractivity contribution in [1.29, 1.82) is 0 Å². The Labute approximate surface area is 163 Å². The molecule has 27 heavy (non-hydrogen) atoms. The van der Waals surface area contributed by atoms with Gasteiger partial charge in [-0.3, -0.25) is 9.59 Å². The fraction of sp³-hybridized carbons (Fsp3) is 0.500. The largest absolute Gasteiger partial charge is 0.396 e. The number of halogens is 1. The first-order valence-electron chi connectivity index (χ1n) is 9.38. The topological polar surface area (TPSA) is 78.9 Å². The summed E-state index contributed by atoms with van der Waals surface area (Å²) in [4.78, 5) is 27.6. The number of benzene rings is 1. The molecule has 7 heteroatoms. The maximum atomic E-state index is 13.2. The average Bonchev–Trinajstić information content (AvgIpc) is 3.30. The standard InChI is InChI=1S/C20H23ClN2O4/c21-13-4-6-14(7-5-13)23-12-20-9-8-15(27-20)16(17(20)19(23)26)18(25)22-10-2-1-3-11-24/h4-9,15-17,24H,1-3,10-12H2,(H,22,25)/t15-,16-,17+,20+/m1/s1. The number of fused-ring (bicyclic) bond motifs is 1. The van der Waals surface area contributed by atoms with Crippen molar-refractivity contribution in [2.75, 3.05) is 24.6 Å². The Morgan fingerprint density at radius 1 is 1.30 bits per heavy atom. The Morgan fingerprint density at radius 2 is 2.07 bits per heavy atom. The number of amides is 2. The van der Waals surface area contributed by atoms with E-state index in [1.165, 1.54) is 0 Å². The summed E-state index contributed by atoms with van der Waals surface area (Å²) in [5.41, 5.74) is 0.0390. The Kier molecular flexibility index (Phi) is 4.97. The van der Waals surface area contributed by atoms with E-state index in [1.807, 2.05) is 24.3 Å². The van der Waals surface area contributed by atoms with Gasteiger partial charge in [-0.25, -0.2) is 0 Å². The van der Waals surface area contributed by atoms with Gasteiger partial charge in [0.25, 0.3) is 0 Å². The van der Waals surface area contributed by atoms with Gasteiger partial charge in [0.05, 0.1) is 24.5 Å². The number of rotatable bonds is 7. The molecule has 0 radical (unpaired) electrons. The number of nitrogens with one attached hydrogen (secondary N) is 1. The van der Waals surface area contributed by atoms with E-state index in [4.69, 9.17) is 21.4 Å². The van der Waals surface area contributed by atoms with Crippen molar-refractivity contribution in [3.05, 3.63) is 41.4 Å². The minimum absolute atomic E-state index is 0.0791. The molecule has 2 bridgehead atoms. The van der Waals surface area contributed by atoms with Gasteiger partial charge in [0, 0.05) is 23.9 Å². The zero-order valence-electron chi connectivity index (χ0n) is 14.9. The fourth-order valence-corrected chi connectivity index (χ4v) is 4.51. The maximum absolute atomic E-state index is 13.2. The number of carbonyl (C=O) groups excluding carboxylic acids is 2. The number of ether oxygens (including phenoxy) is 1. The van der Waals surface area contributed by atoms with Crippen molar-refractivity contribution in [3.8, 4) is 0 Å². The highest BCUT2D eigenvalue weighted by molar-refractivity contribution is 6.30. The lowest BCUT2D eigenvalue weighted by Gasteiger charge is -2.23. The summed E-state index contributed by atoms with van der Waals surface area (Å²) in [6.07, 6.45) is 5.91. The van der Waals surface area contributed by atoms with E-state index in [0.29, 0.717) is 18.1 Å². The molecule has 0 aromatic heterocycles. The monoisotopic (exact) mass is 390 g/mol. The Balaban J connectivity index is 1.48. The second-order valence-corrected chi connectivity index (χ2v) is 7.81. The molecular weight excluding hydrogens is 368 g/mol. The minimum atomic E-state index is -0.722. The molecule has 2 saturated heterocycles. The summed E-state index contributed by atoms with van der Waals surface area (Å²) < 4.78 is 6.11. The van der Waals surface area contributed by atoms with E-state index in [0.717, 1.165) is 24.9 Å². The first kappa shape index (κ1) is 18.5. The Bertz CT molecular complexity index is 766. The van der Waals surface area contributed by atoms with Crippen LogP contribution in [0.3, 0.4) is 0 Å². The lowest BCUT2D eigenvalue weighted by molar-refractivity contribution is -0.131. The van der Waals surface area contributed by atoms with Gasteiger partial charge in [-0.15, -0.1) is 0 Å². The summed E-state index contributed by atoms with van der Waals surface area (Å²) >= 11 is 5.95. The quantitative estimate of drug-likeness (QED) is 0.550. The van der Waals surface area contributed by atoms with E-state index >= 15 is 0 Å². The molecule has 4 atom stereocenters. The van der Waals surface area contributed by atoms with Crippen LogP contribution >= 0.6 is 11.6 Å². The van der Waals surface area contributed by atoms with Gasteiger partial charge in [0.2, 0.25) is 11.8 Å². The number of anilines is 1. The number of carbonyl (C=O) groups is 2. The van der Waals surface area contributed by atoms with Crippen LogP contribution in [0.25, 0.3) is 0 Å². The van der Waals surface area contributed by atoms with Crippen molar-refractivity contribution < 1.29 is 19.4 Å². The van der Waals surface area contributed by atoms with E-state index in [-0.39, 0.29) is 24.5 Å². The van der Waals surface area contributed by atoms with Crippen LogP contribution in [0.1, 0.15) is 19.3 Å². The molecule has 2 fully saturated rings. The number of hydrogen-bond acceptors (Lipinski definition) is 4. The van der Waals surface area contributed by atoms with Crippen molar-refractivity contribution in [1.82, 2.24) is 5.32 Å². The Hall–Kier alpha value is -1.89. The zero-order chi connectivity index (χ0) is 19.0. The number of aliphatic hydroxyl groups excluding tert-OH is 1. The van der Waals surface area contributed by atoms with Gasteiger partial charge in [0.1, 0.15) is 5.60 Å². The zero-order valence-corrected chi connectivity index (χ0v) is 15.7. The number of aliphatic hydroxyl groups is 1. The highest BCUT2D eigenvalue weighted by Gasteiger charge is 2.66. The SMILES string of the molecule is O=C(NCCCCCO)[C@H]1[C@H]2C(=O)N(c3ccc(Cl)cc3)C[C@@]23C=C[C@H]1O3. The number of nitrogens with zero attached hydrogens (tertiary/aromatic N) is 1. The molecule has 2 amide bonds. The average molecular weight is 391 g/mol. The molecule has 2 N–H and O–H groups in total. The molecular formula is C20H23ClN2O4. The first-order valence-corrected chi connectivity index (χ1v) is 9.76. The lowest BCUT2D eigenvalue weighted by atomic mass is 9.77. The summed E-state index contributed by atoms with van der Waals surface area (Å²) in [5, 5.41) is 12.4. The fourth-order valence-electron chi connectivity index (χ4n) is 4.38. The highest BCUT2D eigenvalue weighted by atomic mass is 35.5. The molecule has 0 saturated carbocycles. The minimum Gasteiger partial charge on any atom is -0.396 e. The highest BCUT2D eigenvalue weighted by Crippen LogP contribution is 2.52. The molecule has 1 spiro atoms. The molecule has 3 aliphatic heterocycles. The van der Waals surface area contributed by atoms with Crippen LogP contribution in [0.4, 0.5) is 5.69 Å². The van der Waals surface area contributed by atoms with Crippen LogP contribution in [0.2, 0.25) is 5.02 Å². The van der Waals surface area contributed by atoms with Crippen molar-refractivity contribution in [2.45, 2.75) is 31.0 Å². The number of hydrogen-bond donors (Lipinski definition) is 2. The second kappa shape index (κ2) is 7.26. The van der Waals surface area contributed by atoms with Crippen molar-refractivity contribution in [2.24, 2.45) is 11.8 Å². The van der Waals surface area contributed by atoms with E-state index in [9.17, 15) is 9.59 Å². The predicted octanol–water partition coefficient (Wildman–Crippen LogP) is 1.91. The summed E-state index contributed by atoms with van der Waals surface area (Å²) in [7, 11) is 0. The molecule has 3 heterocycles. The van der Waals surface area contributed by atoms with Crippen LogP contribution in [-0.4, -0.2) is 48.3 Å². The van der Waals surface area contributed by atoms with Gasteiger partial charge in [-0.05, 0) is 43.5 Å². The normalized spacial score (nSPS) is 30.8. The van der Waals surface area contributed by atoms with E-state index in [2.05, 4.69) is 5.32 Å². The van der Waals surface area contributed by atoms with Crippen LogP contribution in [-0.2, 0) is 14.3 Å². The van der Waals surface area contributed by atoms with E-state index in [1.54, 1.807) is 17.0 Å². The lowest BCUT2D eigenvalue weighted by Crippen LogP contribution is -2.44. The first-order chi connectivity index (χ1) is 13.1. The van der Waals surface area contributed by atoms with Crippen molar-refractivity contribution in [3.63, 3.8) is 0 Å². The number of unbranched alkanes of at least 4 members (excludes halogenated alkanes) is 2. The van der Waals surface area contributed by atoms with E-state index < -0.39 is 17.4 Å². The maximum Gasteiger partial charge on any atom is 0.234 e. The Morgan fingerprint density at radius 3 is 2.81 bits per heavy atom. The summed E-state index contributed by atoms with van der Waals surface area (Å²) in [5.74, 6) is -1.21. The molecule has 3 aliphatic rings. The van der Waals surface area contributed by atoms with Gasteiger partial charge in [-0.2, -0.15) is 0 Å². The molecule has 0 unspecified atom stereocenters. The molecule has 1 aromatic carbocycles. The molecule has 1 aromatic rings. The van der Waals surface area contributed by atoms with Gasteiger partial charge in [0.15, 0.2) is 0 Å². The van der Waals surface area contributed by atoms with Gasteiger partial charge < -0.3 is 20.1 Å². The molecule has 0 aliphatic carbocycles. The third-order valence-corrected chi connectivity index (χ3v) is 5.93. The molecule has 6 nitrogen and oxygen atoms in total. The van der Waals surface area contributed by atoms with Gasteiger partial charge >= 0.3 is 0 Å². The van der Waals surface area contributed by atoms with Crippen LogP contribution in [0, 0.1) is 11.8 Å². The third-order valence-electron chi connectivity index (χ3n) is 5.68. The third kappa shape index (κ3) is 3.16. The predicted molar refractivity (Wildman–Crippen MR) is 101 cm³/mol. The van der Waals surface area contributed by atoms with Crippen LogP contribution < -0.4 is 10.2 Å². The van der Waals surface area contributed by atoms with Gasteiger partial charge in [-0.1, -0.05) is 23.8 Å². The smallest absolute Gasteiger partial charge is 0.234 e. The molecule has 144 valence electrons. The van der Waals surface area contributed by atoms with Crippen LogP contribution in [0.5, 0.6) is 0 Å². The van der Waals surface area contributed by atoms with Crippen molar-refractivity contribution >= 4 is 29.1 Å². The molecule has 4 rings (SSSR count). The summed E-state index contributed by atoms with van der Waals surface area (Å²) in [6, 6.07) is 7.12. The second-order valence-electron chi connectivity index (χ2n) is 7.38.